The lowest BCUT2D eigenvalue weighted by atomic mass is 10.1. The topological polar surface area (TPSA) is 84.9 Å². The molecule has 0 atom stereocenters. The van der Waals surface area contributed by atoms with E-state index in [9.17, 15) is 13.2 Å². The minimum atomic E-state index is -3.49. The number of ether oxygens (including phenoxy) is 2. The fourth-order valence-electron chi connectivity index (χ4n) is 3.11. The van der Waals surface area contributed by atoms with Crippen LogP contribution < -0.4 is 14.2 Å². The zero-order valence-corrected chi connectivity index (χ0v) is 18.0. The van der Waals surface area contributed by atoms with Crippen molar-refractivity contribution in [3.8, 4) is 11.5 Å². The lowest BCUT2D eigenvalue weighted by Gasteiger charge is -2.31. The van der Waals surface area contributed by atoms with E-state index in [1.807, 2.05) is 12.1 Å². The summed E-state index contributed by atoms with van der Waals surface area (Å²) in [7, 11) is -0.339. The van der Waals surface area contributed by atoms with Crippen molar-refractivity contribution in [2.45, 2.75) is 23.1 Å². The fourth-order valence-corrected chi connectivity index (χ4v) is 5.42. The lowest BCUT2D eigenvalue weighted by molar-refractivity contribution is -0.126. The zero-order valence-electron chi connectivity index (χ0n) is 16.3. The Balaban J connectivity index is 1.56. The predicted molar refractivity (Wildman–Crippen MR) is 113 cm³/mol. The molecule has 1 fully saturated rings. The quantitative estimate of drug-likeness (QED) is 0.675. The molecule has 0 radical (unpaired) electrons. The molecule has 3 rings (SSSR count). The third kappa shape index (κ3) is 5.59. The molecule has 0 saturated carbocycles. The Hall–Kier alpha value is -2.36. The van der Waals surface area contributed by atoms with Gasteiger partial charge in [-0.1, -0.05) is 6.07 Å². The summed E-state index contributed by atoms with van der Waals surface area (Å²) in [6.45, 7) is 1.00. The van der Waals surface area contributed by atoms with Crippen LogP contribution in [0.1, 0.15) is 18.4 Å². The van der Waals surface area contributed by atoms with Gasteiger partial charge in [0.1, 0.15) is 15.7 Å². The van der Waals surface area contributed by atoms with Crippen LogP contribution in [-0.4, -0.2) is 52.6 Å². The maximum absolute atomic E-state index is 12.5. The van der Waals surface area contributed by atoms with Crippen LogP contribution in [0.4, 0.5) is 0 Å². The van der Waals surface area contributed by atoms with Crippen molar-refractivity contribution < 1.29 is 22.7 Å². The molecule has 2 aromatic rings. The number of nitrogens with one attached hydrogen (secondary N) is 1. The van der Waals surface area contributed by atoms with Crippen molar-refractivity contribution in [3.63, 3.8) is 0 Å². The molecule has 2 heterocycles. The Morgan fingerprint density at radius 2 is 1.83 bits per heavy atom. The van der Waals surface area contributed by atoms with Crippen LogP contribution >= 0.6 is 11.3 Å². The molecule has 0 aliphatic carbocycles. The van der Waals surface area contributed by atoms with Crippen LogP contribution in [-0.2, 0) is 14.8 Å². The average Bonchev–Trinajstić information content (AvgIpc) is 3.28. The summed E-state index contributed by atoms with van der Waals surface area (Å²) in [6.07, 6.45) is 4.40. The van der Waals surface area contributed by atoms with Gasteiger partial charge in [-0.2, -0.15) is 0 Å². The number of methoxy groups -OCH3 is 2. The second-order valence-electron chi connectivity index (χ2n) is 6.63. The highest BCUT2D eigenvalue weighted by Crippen LogP contribution is 2.23. The number of rotatable bonds is 7. The van der Waals surface area contributed by atoms with Crippen LogP contribution in [0.25, 0.3) is 6.08 Å². The molecule has 7 nitrogen and oxygen atoms in total. The Morgan fingerprint density at radius 1 is 1.17 bits per heavy atom. The minimum Gasteiger partial charge on any atom is -0.497 e. The van der Waals surface area contributed by atoms with Gasteiger partial charge in [0, 0.05) is 31.3 Å². The largest absolute Gasteiger partial charge is 0.497 e. The van der Waals surface area contributed by atoms with Gasteiger partial charge < -0.3 is 14.4 Å². The second-order valence-corrected chi connectivity index (χ2v) is 9.52. The number of likely N-dealkylation sites (tertiary alicyclic amines) is 1. The lowest BCUT2D eigenvalue weighted by Crippen LogP contribution is -2.46. The summed E-state index contributed by atoms with van der Waals surface area (Å²) in [4.78, 5) is 14.2. The molecule has 1 amide bonds. The number of sulfonamides is 1. The molecule has 1 aliphatic heterocycles. The van der Waals surface area contributed by atoms with Crippen LogP contribution in [0.2, 0.25) is 0 Å². The molecular formula is C20H24N2O5S2. The van der Waals surface area contributed by atoms with E-state index in [-0.39, 0.29) is 11.9 Å². The first-order valence-electron chi connectivity index (χ1n) is 9.17. The number of carbonyl (C=O) groups excluding carboxylic acids is 1. The third-order valence-electron chi connectivity index (χ3n) is 4.68. The summed E-state index contributed by atoms with van der Waals surface area (Å²) < 4.78 is 38.2. The first kappa shape index (κ1) is 21.4. The van der Waals surface area contributed by atoms with E-state index in [4.69, 9.17) is 9.47 Å². The van der Waals surface area contributed by atoms with Crippen LogP contribution in [0.15, 0.2) is 46.0 Å². The highest BCUT2D eigenvalue weighted by atomic mass is 32.2. The zero-order chi connectivity index (χ0) is 20.9. The van der Waals surface area contributed by atoms with Gasteiger partial charge in [-0.05, 0) is 48.1 Å². The Kier molecular flexibility index (Phi) is 6.94. The smallest absolute Gasteiger partial charge is 0.250 e. The number of benzene rings is 1. The number of amides is 1. The number of hydrogen-bond donors (Lipinski definition) is 1. The van der Waals surface area contributed by atoms with E-state index in [0.717, 1.165) is 5.56 Å². The normalized spacial score (nSPS) is 15.6. The minimum absolute atomic E-state index is 0.105. The maximum Gasteiger partial charge on any atom is 0.250 e. The Labute approximate surface area is 175 Å². The van der Waals surface area contributed by atoms with Gasteiger partial charge in [0.2, 0.25) is 15.9 Å². The highest BCUT2D eigenvalue weighted by Gasteiger charge is 2.26. The first-order valence-corrected chi connectivity index (χ1v) is 11.5. The molecule has 0 spiro atoms. The molecule has 156 valence electrons. The van der Waals surface area contributed by atoms with Gasteiger partial charge >= 0.3 is 0 Å². The van der Waals surface area contributed by atoms with Crippen molar-refractivity contribution in [2.24, 2.45) is 0 Å². The van der Waals surface area contributed by atoms with Gasteiger partial charge in [0.25, 0.3) is 0 Å². The average molecular weight is 437 g/mol. The van der Waals surface area contributed by atoms with E-state index in [1.165, 1.54) is 17.4 Å². The van der Waals surface area contributed by atoms with Crippen LogP contribution in [0.5, 0.6) is 11.5 Å². The number of hydrogen-bond acceptors (Lipinski definition) is 6. The molecule has 1 aromatic heterocycles. The van der Waals surface area contributed by atoms with E-state index >= 15 is 0 Å². The molecular weight excluding hydrogens is 412 g/mol. The summed E-state index contributed by atoms with van der Waals surface area (Å²) in [5.41, 5.74) is 0.799. The van der Waals surface area contributed by atoms with Gasteiger partial charge in [-0.15, -0.1) is 11.3 Å². The third-order valence-corrected chi connectivity index (χ3v) is 7.60. The van der Waals surface area contributed by atoms with Crippen molar-refractivity contribution in [2.75, 3.05) is 27.3 Å². The second kappa shape index (κ2) is 9.43. The summed E-state index contributed by atoms with van der Waals surface area (Å²) in [5, 5.41) is 1.74. The fraction of sp³-hybridized carbons (Fsp3) is 0.350. The monoisotopic (exact) mass is 436 g/mol. The molecule has 1 N–H and O–H groups in total. The SMILES string of the molecule is COc1cc(/C=C/C(=O)N2CCC(NS(=O)(=O)c3cccs3)CC2)cc(OC)c1. The Morgan fingerprint density at radius 3 is 2.38 bits per heavy atom. The number of carbonyl (C=O) groups is 1. The highest BCUT2D eigenvalue weighted by molar-refractivity contribution is 7.91. The summed E-state index contributed by atoms with van der Waals surface area (Å²) >= 11 is 1.19. The van der Waals surface area contributed by atoms with Crippen LogP contribution in [0.3, 0.4) is 0 Å². The molecule has 0 bridgehead atoms. The van der Waals surface area contributed by atoms with E-state index in [2.05, 4.69) is 4.72 Å². The van der Waals surface area contributed by atoms with E-state index in [1.54, 1.807) is 48.8 Å². The standard InChI is InChI=1S/C20H24N2O5S2/c1-26-17-12-15(13-18(14-17)27-2)5-6-19(23)22-9-7-16(8-10-22)21-29(24,25)20-4-3-11-28-20/h3-6,11-14,16,21H,7-10H2,1-2H3/b6-5+. The first-order chi connectivity index (χ1) is 13.9. The van der Waals surface area contributed by atoms with Gasteiger partial charge in [-0.3, -0.25) is 4.79 Å². The number of piperidine rings is 1. The molecule has 0 unspecified atom stereocenters. The molecule has 1 aromatic carbocycles. The van der Waals surface area contributed by atoms with Crippen molar-refractivity contribution in [1.29, 1.82) is 0 Å². The number of thiophene rings is 1. The summed E-state index contributed by atoms with van der Waals surface area (Å²) in [5.74, 6) is 1.19. The molecule has 29 heavy (non-hydrogen) atoms. The number of nitrogens with zero attached hydrogens (tertiary/aromatic N) is 1. The van der Waals surface area contributed by atoms with Crippen molar-refractivity contribution in [1.82, 2.24) is 9.62 Å². The predicted octanol–water partition coefficient (Wildman–Crippen LogP) is 2.75. The van der Waals surface area contributed by atoms with Crippen LogP contribution in [0, 0.1) is 0 Å². The van der Waals surface area contributed by atoms with E-state index in [0.29, 0.717) is 41.6 Å². The molecule has 1 aliphatic rings. The van der Waals surface area contributed by atoms with Gasteiger partial charge in [-0.25, -0.2) is 13.1 Å². The summed E-state index contributed by atoms with van der Waals surface area (Å²) in [6, 6.07) is 8.53. The van der Waals surface area contributed by atoms with E-state index < -0.39 is 10.0 Å². The maximum atomic E-state index is 12.5. The molecule has 1 saturated heterocycles. The Bertz CT molecular complexity index is 941. The molecule has 9 heteroatoms. The van der Waals surface area contributed by atoms with Crippen molar-refractivity contribution in [3.05, 3.63) is 47.4 Å². The van der Waals surface area contributed by atoms with Gasteiger partial charge in [0.15, 0.2) is 0 Å². The van der Waals surface area contributed by atoms with Crippen molar-refractivity contribution >= 4 is 33.3 Å². The van der Waals surface area contributed by atoms with Gasteiger partial charge in [0.05, 0.1) is 14.2 Å².